The van der Waals surface area contributed by atoms with Gasteiger partial charge in [-0.15, -0.1) is 0 Å². The van der Waals surface area contributed by atoms with Crippen LogP contribution >= 0.6 is 0 Å². The number of carbonyl (C=O) groups is 1. The molecule has 0 saturated carbocycles. The molecule has 0 aliphatic carbocycles. The second-order valence-corrected chi connectivity index (χ2v) is 9.79. The van der Waals surface area contributed by atoms with Crippen LogP contribution in [0.5, 0.6) is 0 Å². The van der Waals surface area contributed by atoms with Gasteiger partial charge in [-0.25, -0.2) is 9.50 Å². The molecule has 6 nitrogen and oxygen atoms in total. The molecule has 0 radical (unpaired) electrons. The molecule has 1 atom stereocenters. The highest BCUT2D eigenvalue weighted by Crippen LogP contribution is 2.25. The minimum Gasteiger partial charge on any atom is -0.365 e. The highest BCUT2D eigenvalue weighted by atomic mass is 16.2. The number of aromatic nitrogens is 3. The Bertz CT molecular complexity index is 1390. The van der Waals surface area contributed by atoms with Crippen molar-refractivity contribution in [2.45, 2.75) is 47.1 Å². The van der Waals surface area contributed by atoms with Gasteiger partial charge in [0.15, 0.2) is 5.65 Å². The Morgan fingerprint density at radius 1 is 1.00 bits per heavy atom. The van der Waals surface area contributed by atoms with Gasteiger partial charge < -0.3 is 9.80 Å². The molecule has 1 aliphatic rings. The van der Waals surface area contributed by atoms with E-state index in [2.05, 4.69) is 86.2 Å². The van der Waals surface area contributed by atoms with E-state index in [0.29, 0.717) is 24.3 Å². The minimum absolute atomic E-state index is 0.00774. The first-order valence-corrected chi connectivity index (χ1v) is 12.3. The number of hydrogen-bond acceptors (Lipinski definition) is 4. The second kappa shape index (κ2) is 9.17. The van der Waals surface area contributed by atoms with Crippen LogP contribution in [0.1, 0.15) is 50.9 Å². The van der Waals surface area contributed by atoms with Crippen molar-refractivity contribution >= 4 is 17.2 Å². The minimum atomic E-state index is 0.00774. The lowest BCUT2D eigenvalue weighted by Gasteiger charge is -2.41. The van der Waals surface area contributed by atoms with Crippen LogP contribution in [0.2, 0.25) is 0 Å². The molecule has 3 heterocycles. The molecular weight excluding hydrogens is 434 g/mol. The van der Waals surface area contributed by atoms with Gasteiger partial charge in [0.05, 0.1) is 6.20 Å². The molecule has 35 heavy (non-hydrogen) atoms. The maximum absolute atomic E-state index is 13.6. The van der Waals surface area contributed by atoms with Gasteiger partial charge >= 0.3 is 0 Å². The van der Waals surface area contributed by atoms with Crippen molar-refractivity contribution in [2.75, 3.05) is 24.5 Å². The molecule has 1 saturated heterocycles. The fraction of sp³-hybridized carbons (Fsp3) is 0.345. The van der Waals surface area contributed by atoms with Crippen molar-refractivity contribution in [3.05, 3.63) is 93.9 Å². The summed E-state index contributed by atoms with van der Waals surface area (Å²) < 4.78 is 1.83. The Hall–Kier alpha value is -3.67. The Labute approximate surface area is 207 Å². The Balaban J connectivity index is 1.39. The van der Waals surface area contributed by atoms with Gasteiger partial charge in [-0.1, -0.05) is 42.0 Å². The number of benzene rings is 2. The third-order valence-electron chi connectivity index (χ3n) is 7.35. The standard InChI is InChI=1S/C29H33N5O/c1-19-10-12-25(13-11-19)33-15-14-32(18-21(33)3)29(35)27-17-30-34-23(5)26(22(4)31-28(27)34)16-24-9-7-6-8-20(24)2/h6-13,17,21H,14-16,18H2,1-5H3. The molecular formula is C29H33N5O. The molecule has 2 aromatic carbocycles. The SMILES string of the molecule is Cc1ccc(N2CCN(C(=O)c3cnn4c(C)c(Cc5ccccc5C)c(C)nc34)CC2C)cc1. The lowest BCUT2D eigenvalue weighted by Crippen LogP contribution is -2.53. The second-order valence-electron chi connectivity index (χ2n) is 9.79. The van der Waals surface area contributed by atoms with E-state index >= 15 is 0 Å². The molecule has 1 fully saturated rings. The molecule has 0 bridgehead atoms. The zero-order valence-electron chi connectivity index (χ0n) is 21.2. The van der Waals surface area contributed by atoms with E-state index in [-0.39, 0.29) is 11.9 Å². The number of rotatable bonds is 4. The van der Waals surface area contributed by atoms with Crippen LogP contribution < -0.4 is 4.90 Å². The molecule has 1 amide bonds. The zero-order valence-corrected chi connectivity index (χ0v) is 21.2. The number of piperazine rings is 1. The zero-order chi connectivity index (χ0) is 24.7. The number of hydrogen-bond donors (Lipinski definition) is 0. The average molecular weight is 468 g/mol. The number of carbonyl (C=O) groups excluding carboxylic acids is 1. The van der Waals surface area contributed by atoms with Crippen molar-refractivity contribution in [1.29, 1.82) is 0 Å². The monoisotopic (exact) mass is 467 g/mol. The first kappa shape index (κ1) is 23.1. The largest absolute Gasteiger partial charge is 0.365 e. The van der Waals surface area contributed by atoms with Crippen molar-refractivity contribution in [1.82, 2.24) is 19.5 Å². The lowest BCUT2D eigenvalue weighted by molar-refractivity contribution is 0.0728. The third-order valence-corrected chi connectivity index (χ3v) is 7.35. The number of fused-ring (bicyclic) bond motifs is 1. The van der Waals surface area contributed by atoms with Crippen LogP contribution in [0.4, 0.5) is 5.69 Å². The summed E-state index contributed by atoms with van der Waals surface area (Å²) in [5, 5.41) is 4.59. The first-order chi connectivity index (χ1) is 16.8. The maximum Gasteiger partial charge on any atom is 0.259 e. The summed E-state index contributed by atoms with van der Waals surface area (Å²) in [6.07, 6.45) is 2.49. The van der Waals surface area contributed by atoms with Gasteiger partial charge in [-0.3, -0.25) is 4.79 Å². The summed E-state index contributed by atoms with van der Waals surface area (Å²) >= 11 is 0. The molecule has 0 spiro atoms. The van der Waals surface area contributed by atoms with Gasteiger partial charge in [0.25, 0.3) is 5.91 Å². The quantitative estimate of drug-likeness (QED) is 0.428. The van der Waals surface area contributed by atoms with Crippen molar-refractivity contribution in [3.8, 4) is 0 Å². The molecule has 4 aromatic rings. The predicted octanol–water partition coefficient (Wildman–Crippen LogP) is 4.90. The molecule has 0 N–H and O–H groups in total. The van der Waals surface area contributed by atoms with E-state index in [9.17, 15) is 4.79 Å². The van der Waals surface area contributed by atoms with Crippen molar-refractivity contribution in [3.63, 3.8) is 0 Å². The summed E-state index contributed by atoms with van der Waals surface area (Å²) in [7, 11) is 0. The summed E-state index contributed by atoms with van der Waals surface area (Å²) in [6, 6.07) is 17.3. The summed E-state index contributed by atoms with van der Waals surface area (Å²) in [4.78, 5) is 22.8. The Morgan fingerprint density at radius 2 is 1.74 bits per heavy atom. The topological polar surface area (TPSA) is 53.7 Å². The van der Waals surface area contributed by atoms with Crippen LogP contribution in [0.25, 0.3) is 5.65 Å². The molecule has 2 aromatic heterocycles. The van der Waals surface area contributed by atoms with Gasteiger partial charge in [0.2, 0.25) is 0 Å². The van der Waals surface area contributed by atoms with E-state index in [1.54, 1.807) is 6.20 Å². The molecule has 6 heteroatoms. The van der Waals surface area contributed by atoms with E-state index < -0.39 is 0 Å². The average Bonchev–Trinajstić information content (AvgIpc) is 3.27. The van der Waals surface area contributed by atoms with Crippen LogP contribution in [0, 0.1) is 27.7 Å². The Kier molecular flexibility index (Phi) is 6.05. The molecule has 1 unspecified atom stereocenters. The normalized spacial score (nSPS) is 16.2. The number of aryl methyl sites for hydroxylation is 4. The summed E-state index contributed by atoms with van der Waals surface area (Å²) in [6.45, 7) is 12.7. The smallest absolute Gasteiger partial charge is 0.259 e. The maximum atomic E-state index is 13.6. The lowest BCUT2D eigenvalue weighted by atomic mass is 9.98. The van der Waals surface area contributed by atoms with Crippen LogP contribution in [-0.2, 0) is 6.42 Å². The van der Waals surface area contributed by atoms with Gasteiger partial charge in [-0.2, -0.15) is 5.10 Å². The van der Waals surface area contributed by atoms with E-state index in [1.165, 1.54) is 22.4 Å². The fourth-order valence-electron chi connectivity index (χ4n) is 5.15. The van der Waals surface area contributed by atoms with E-state index in [4.69, 9.17) is 4.98 Å². The molecule has 180 valence electrons. The van der Waals surface area contributed by atoms with Gasteiger partial charge in [-0.05, 0) is 63.4 Å². The van der Waals surface area contributed by atoms with E-state index in [0.717, 1.165) is 29.9 Å². The van der Waals surface area contributed by atoms with Crippen LogP contribution in [0.15, 0.2) is 54.7 Å². The highest BCUT2D eigenvalue weighted by Gasteiger charge is 2.29. The Morgan fingerprint density at radius 3 is 2.46 bits per heavy atom. The highest BCUT2D eigenvalue weighted by molar-refractivity contribution is 6.00. The fourth-order valence-corrected chi connectivity index (χ4v) is 5.15. The third kappa shape index (κ3) is 4.29. The first-order valence-electron chi connectivity index (χ1n) is 12.3. The summed E-state index contributed by atoms with van der Waals surface area (Å²) in [5.74, 6) is 0.00774. The van der Waals surface area contributed by atoms with Crippen molar-refractivity contribution in [2.24, 2.45) is 0 Å². The number of amides is 1. The molecule has 1 aliphatic heterocycles. The van der Waals surface area contributed by atoms with Gasteiger partial charge in [0.1, 0.15) is 5.56 Å². The van der Waals surface area contributed by atoms with Gasteiger partial charge in [0, 0.05) is 49.2 Å². The van der Waals surface area contributed by atoms with E-state index in [1.807, 2.05) is 16.3 Å². The molecule has 5 rings (SSSR count). The van der Waals surface area contributed by atoms with Crippen molar-refractivity contribution < 1.29 is 4.79 Å². The summed E-state index contributed by atoms with van der Waals surface area (Å²) in [5.41, 5.74) is 9.38. The van der Waals surface area contributed by atoms with Crippen LogP contribution in [-0.4, -0.2) is 51.1 Å². The van der Waals surface area contributed by atoms with Crippen LogP contribution in [0.3, 0.4) is 0 Å². The number of anilines is 1. The predicted molar refractivity (Wildman–Crippen MR) is 140 cm³/mol. The number of nitrogens with zero attached hydrogens (tertiary/aromatic N) is 5.